The van der Waals surface area contributed by atoms with Crippen LogP contribution in [0.1, 0.15) is 27.2 Å². The Kier molecular flexibility index (Phi) is 6.00. The van der Waals surface area contributed by atoms with Crippen molar-refractivity contribution in [3.05, 3.63) is 6.33 Å². The summed E-state index contributed by atoms with van der Waals surface area (Å²) in [6.45, 7) is 7.23. The van der Waals surface area contributed by atoms with Crippen LogP contribution in [0.25, 0.3) is 11.2 Å². The highest BCUT2D eigenvalue weighted by molar-refractivity contribution is 7.99. The van der Waals surface area contributed by atoms with Crippen LogP contribution in [0, 0.1) is 0 Å². The topological polar surface area (TPSA) is 81.9 Å². The molecule has 0 amide bonds. The predicted molar refractivity (Wildman–Crippen MR) is 87.1 cm³/mol. The molecule has 2 heterocycles. The lowest BCUT2D eigenvalue weighted by Gasteiger charge is -2.08. The highest BCUT2D eigenvalue weighted by atomic mass is 32.2. The second-order valence-electron chi connectivity index (χ2n) is 4.66. The van der Waals surface area contributed by atoms with E-state index in [9.17, 15) is 4.79 Å². The number of carbonyl (C=O) groups is 1. The van der Waals surface area contributed by atoms with Crippen molar-refractivity contribution in [2.45, 2.75) is 38.9 Å². The fourth-order valence-corrected chi connectivity index (χ4v) is 2.50. The summed E-state index contributed by atoms with van der Waals surface area (Å²) < 4.78 is 6.87. The molecular formula is C14H21N5O2S. The molecule has 120 valence electrons. The fourth-order valence-electron chi connectivity index (χ4n) is 1.94. The van der Waals surface area contributed by atoms with Crippen LogP contribution >= 0.6 is 11.8 Å². The monoisotopic (exact) mass is 323 g/mol. The van der Waals surface area contributed by atoms with E-state index in [1.807, 2.05) is 4.57 Å². The molecule has 0 spiro atoms. The number of hydrogen-bond donors (Lipinski definition) is 1. The number of ether oxygens (including phenoxy) is 1. The molecule has 2 aromatic heterocycles. The second-order valence-corrected chi connectivity index (χ2v) is 5.90. The van der Waals surface area contributed by atoms with Gasteiger partial charge in [-0.15, -0.1) is 0 Å². The quantitative estimate of drug-likeness (QED) is 0.453. The normalized spacial score (nSPS) is 10.9. The Morgan fingerprint density at radius 1 is 1.41 bits per heavy atom. The second kappa shape index (κ2) is 7.98. The first-order valence-corrected chi connectivity index (χ1v) is 8.37. The van der Waals surface area contributed by atoms with Gasteiger partial charge in [0, 0.05) is 13.5 Å². The van der Waals surface area contributed by atoms with Gasteiger partial charge in [0.05, 0.1) is 12.9 Å². The smallest absolute Gasteiger partial charge is 0.302 e. The third kappa shape index (κ3) is 4.09. The van der Waals surface area contributed by atoms with Gasteiger partial charge in [-0.2, -0.15) is 0 Å². The van der Waals surface area contributed by atoms with E-state index in [-0.39, 0.29) is 5.97 Å². The molecule has 2 rings (SSSR count). The summed E-state index contributed by atoms with van der Waals surface area (Å²) in [4.78, 5) is 24.4. The number of hydrogen-bond acceptors (Lipinski definition) is 7. The van der Waals surface area contributed by atoms with E-state index >= 15 is 0 Å². The van der Waals surface area contributed by atoms with Crippen LogP contribution in [-0.2, 0) is 16.1 Å². The Labute approximate surface area is 133 Å². The Morgan fingerprint density at radius 3 is 2.91 bits per heavy atom. The van der Waals surface area contributed by atoms with Crippen LogP contribution < -0.4 is 5.32 Å². The molecule has 1 N–H and O–H groups in total. The zero-order valence-electron chi connectivity index (χ0n) is 13.1. The molecule has 0 saturated heterocycles. The summed E-state index contributed by atoms with van der Waals surface area (Å²) in [5, 5.41) is 4.02. The molecule has 0 aliphatic carbocycles. The van der Waals surface area contributed by atoms with Gasteiger partial charge in [-0.3, -0.25) is 4.79 Å². The van der Waals surface area contributed by atoms with Gasteiger partial charge < -0.3 is 14.6 Å². The maximum atomic E-state index is 10.9. The number of rotatable bonds is 8. The molecule has 8 heteroatoms. The highest BCUT2D eigenvalue weighted by Gasteiger charge is 2.13. The number of nitrogens with one attached hydrogen (secondary N) is 1. The van der Waals surface area contributed by atoms with Crippen LogP contribution in [0.15, 0.2) is 11.5 Å². The van der Waals surface area contributed by atoms with Gasteiger partial charge in [0.2, 0.25) is 0 Å². The van der Waals surface area contributed by atoms with Gasteiger partial charge in [0.1, 0.15) is 6.61 Å². The number of esters is 1. The SMILES string of the molecule is CCCNc1nc(SCC)nc2c1ncn2CCOC(C)=O. The number of nitrogens with zero attached hydrogens (tertiary/aromatic N) is 4. The number of imidazole rings is 1. The number of aromatic nitrogens is 4. The Morgan fingerprint density at radius 2 is 2.23 bits per heavy atom. The molecule has 0 aliphatic rings. The van der Waals surface area contributed by atoms with E-state index < -0.39 is 0 Å². The zero-order chi connectivity index (χ0) is 15.9. The summed E-state index contributed by atoms with van der Waals surface area (Å²) in [6, 6.07) is 0. The van der Waals surface area contributed by atoms with Crippen molar-refractivity contribution in [2.24, 2.45) is 0 Å². The molecule has 2 aromatic rings. The Bertz CT molecular complexity index is 643. The van der Waals surface area contributed by atoms with Crippen molar-refractivity contribution in [3.8, 4) is 0 Å². The molecule has 0 radical (unpaired) electrons. The lowest BCUT2D eigenvalue weighted by molar-refractivity contribution is -0.141. The molecule has 7 nitrogen and oxygen atoms in total. The van der Waals surface area contributed by atoms with Crippen molar-refractivity contribution in [3.63, 3.8) is 0 Å². The molecule has 0 fully saturated rings. The number of carbonyl (C=O) groups excluding carboxylic acids is 1. The van der Waals surface area contributed by atoms with E-state index in [4.69, 9.17) is 4.74 Å². The van der Waals surface area contributed by atoms with Gasteiger partial charge in [0.15, 0.2) is 22.1 Å². The van der Waals surface area contributed by atoms with Crippen molar-refractivity contribution in [1.82, 2.24) is 19.5 Å². The van der Waals surface area contributed by atoms with Crippen LogP contribution in [0.2, 0.25) is 0 Å². The van der Waals surface area contributed by atoms with Crippen molar-refractivity contribution in [1.29, 1.82) is 0 Å². The molecular weight excluding hydrogens is 302 g/mol. The molecule has 0 unspecified atom stereocenters. The summed E-state index contributed by atoms with van der Waals surface area (Å²) in [5.74, 6) is 1.38. The van der Waals surface area contributed by atoms with E-state index in [1.165, 1.54) is 6.92 Å². The molecule has 22 heavy (non-hydrogen) atoms. The van der Waals surface area contributed by atoms with E-state index in [0.29, 0.717) is 13.2 Å². The van der Waals surface area contributed by atoms with E-state index in [1.54, 1.807) is 18.1 Å². The summed E-state index contributed by atoms with van der Waals surface area (Å²) in [7, 11) is 0. The highest BCUT2D eigenvalue weighted by Crippen LogP contribution is 2.23. The van der Waals surface area contributed by atoms with Crippen LogP contribution in [0.4, 0.5) is 5.82 Å². The van der Waals surface area contributed by atoms with Gasteiger partial charge in [-0.1, -0.05) is 25.6 Å². The van der Waals surface area contributed by atoms with Gasteiger partial charge >= 0.3 is 5.97 Å². The molecule has 0 bridgehead atoms. The largest absolute Gasteiger partial charge is 0.464 e. The minimum Gasteiger partial charge on any atom is -0.464 e. The summed E-state index contributed by atoms with van der Waals surface area (Å²) in [6.07, 6.45) is 2.72. The zero-order valence-corrected chi connectivity index (χ0v) is 13.9. The Hall–Kier alpha value is -1.83. The van der Waals surface area contributed by atoms with E-state index in [0.717, 1.165) is 40.9 Å². The first-order valence-electron chi connectivity index (χ1n) is 7.38. The number of anilines is 1. The van der Waals surface area contributed by atoms with Crippen LogP contribution in [0.5, 0.6) is 0 Å². The standard InChI is InChI=1S/C14H21N5O2S/c1-4-6-15-12-11-13(18-14(17-12)22-5-2)19(9-16-11)7-8-21-10(3)20/h9H,4-8H2,1-3H3,(H,15,17,18). The van der Waals surface area contributed by atoms with Crippen molar-refractivity contribution < 1.29 is 9.53 Å². The third-order valence-corrected chi connectivity index (χ3v) is 3.63. The summed E-state index contributed by atoms with van der Waals surface area (Å²) >= 11 is 1.59. The third-order valence-electron chi connectivity index (χ3n) is 2.90. The van der Waals surface area contributed by atoms with Crippen molar-refractivity contribution >= 4 is 34.7 Å². The lowest BCUT2D eigenvalue weighted by atomic mass is 10.4. The van der Waals surface area contributed by atoms with Gasteiger partial charge in [-0.05, 0) is 12.2 Å². The minimum absolute atomic E-state index is 0.286. The Balaban J connectivity index is 2.30. The van der Waals surface area contributed by atoms with E-state index in [2.05, 4.69) is 34.1 Å². The maximum Gasteiger partial charge on any atom is 0.302 e. The van der Waals surface area contributed by atoms with Gasteiger partial charge in [0.25, 0.3) is 0 Å². The van der Waals surface area contributed by atoms with Crippen molar-refractivity contribution in [2.75, 3.05) is 24.2 Å². The molecule has 0 atom stereocenters. The van der Waals surface area contributed by atoms with Crippen LogP contribution in [0.3, 0.4) is 0 Å². The first-order chi connectivity index (χ1) is 10.7. The predicted octanol–water partition coefficient (Wildman–Crippen LogP) is 2.32. The summed E-state index contributed by atoms with van der Waals surface area (Å²) in [5.41, 5.74) is 1.51. The van der Waals surface area contributed by atoms with Gasteiger partial charge in [-0.25, -0.2) is 15.0 Å². The average molecular weight is 323 g/mol. The molecule has 0 saturated carbocycles. The first kappa shape index (κ1) is 16.5. The lowest BCUT2D eigenvalue weighted by Crippen LogP contribution is -2.09. The van der Waals surface area contributed by atoms with Crippen LogP contribution in [-0.4, -0.2) is 44.4 Å². The minimum atomic E-state index is -0.286. The fraction of sp³-hybridized carbons (Fsp3) is 0.571. The molecule has 0 aromatic carbocycles. The maximum absolute atomic E-state index is 10.9. The number of thioether (sulfide) groups is 1. The number of fused-ring (bicyclic) bond motifs is 1. The molecule has 0 aliphatic heterocycles. The average Bonchev–Trinajstić information content (AvgIpc) is 2.88.